The first kappa shape index (κ1) is 31.8. The molecule has 0 spiro atoms. The summed E-state index contributed by atoms with van der Waals surface area (Å²) < 4.78 is 105. The van der Waals surface area contributed by atoms with E-state index in [1.807, 2.05) is 0 Å². The number of methoxy groups -OCH3 is 1. The first-order valence-corrected chi connectivity index (χ1v) is 11.0. The van der Waals surface area contributed by atoms with Crippen LogP contribution in [-0.2, 0) is 33.3 Å². The maximum absolute atomic E-state index is 14.1. The Morgan fingerprint density at radius 1 is 0.853 bits per heavy atom. The van der Waals surface area contributed by atoms with Crippen LogP contribution in [0.3, 0.4) is 0 Å². The maximum atomic E-state index is 14.1. The number of carbonyl (C=O) groups is 3. The summed E-state index contributed by atoms with van der Waals surface area (Å²) in [5.41, 5.74) is -8.31. The molecule has 34 heavy (non-hydrogen) atoms. The van der Waals surface area contributed by atoms with Crippen LogP contribution in [0.1, 0.15) is 54.4 Å². The van der Waals surface area contributed by atoms with E-state index >= 15 is 0 Å². The van der Waals surface area contributed by atoms with Gasteiger partial charge in [-0.1, -0.05) is 0 Å². The number of alkyl halides is 5. The molecule has 0 bridgehead atoms. The Morgan fingerprint density at radius 3 is 1.59 bits per heavy atom. The molecule has 1 atom stereocenters. The molecule has 0 aliphatic rings. The van der Waals surface area contributed by atoms with Crippen molar-refractivity contribution in [3.05, 3.63) is 0 Å². The summed E-state index contributed by atoms with van der Waals surface area (Å²) in [5, 5.41) is 0. The third-order valence-corrected chi connectivity index (χ3v) is 4.45. The zero-order chi connectivity index (χ0) is 27.3. The standard InChI is InChI=1S/C18H28F5NO9S/c1-15(2,3)32-13(26)24(14(27)33-16(4,5)6)11(12(25)30-7)8-9-17(19,20)10-31-34(28,29)18(21,22)23/h11H,8-10H2,1-7H3/t11-/m1/s1. The summed E-state index contributed by atoms with van der Waals surface area (Å²) in [6.07, 6.45) is -5.44. The van der Waals surface area contributed by atoms with Crippen LogP contribution >= 0.6 is 0 Å². The van der Waals surface area contributed by atoms with Crippen molar-refractivity contribution in [3.8, 4) is 0 Å². The lowest BCUT2D eigenvalue weighted by Crippen LogP contribution is -2.52. The SMILES string of the molecule is COC(=O)[C@@H](CCC(F)(F)COS(=O)(=O)C(F)(F)F)N(C(=O)OC(C)(C)C)C(=O)OC(C)(C)C. The molecule has 0 rings (SSSR count). The van der Waals surface area contributed by atoms with Gasteiger partial charge in [0.2, 0.25) is 0 Å². The van der Waals surface area contributed by atoms with Crippen molar-refractivity contribution in [2.24, 2.45) is 0 Å². The molecule has 0 aliphatic carbocycles. The molecule has 2 amide bonds. The molecular formula is C18H28F5NO9S. The average molecular weight is 529 g/mol. The smallest absolute Gasteiger partial charge is 0.467 e. The molecule has 200 valence electrons. The quantitative estimate of drug-likeness (QED) is 0.151. The van der Waals surface area contributed by atoms with Crippen LogP contribution in [-0.4, -0.2) is 73.9 Å². The summed E-state index contributed by atoms with van der Waals surface area (Å²) in [6.45, 7) is 6.28. The zero-order valence-electron chi connectivity index (χ0n) is 19.6. The fraction of sp³-hybridized carbons (Fsp3) is 0.833. The van der Waals surface area contributed by atoms with E-state index in [0.717, 1.165) is 7.11 Å². The van der Waals surface area contributed by atoms with E-state index < -0.39 is 76.4 Å². The summed E-state index contributed by atoms with van der Waals surface area (Å²) >= 11 is 0. The molecule has 0 N–H and O–H groups in total. The molecule has 0 unspecified atom stereocenters. The minimum atomic E-state index is -6.30. The lowest BCUT2D eigenvalue weighted by atomic mass is 10.1. The number of nitrogens with zero attached hydrogens (tertiary/aromatic N) is 1. The van der Waals surface area contributed by atoms with Crippen LogP contribution in [0.2, 0.25) is 0 Å². The van der Waals surface area contributed by atoms with Crippen LogP contribution in [0.4, 0.5) is 31.5 Å². The highest BCUT2D eigenvalue weighted by molar-refractivity contribution is 7.87. The van der Waals surface area contributed by atoms with E-state index in [9.17, 15) is 44.8 Å². The molecule has 0 aromatic rings. The second-order valence-electron chi connectivity index (χ2n) is 8.93. The Hall–Kier alpha value is -2.23. The predicted molar refractivity (Wildman–Crippen MR) is 105 cm³/mol. The van der Waals surface area contributed by atoms with Crippen molar-refractivity contribution in [1.29, 1.82) is 0 Å². The molecule has 0 saturated carbocycles. The van der Waals surface area contributed by atoms with Gasteiger partial charge in [-0.25, -0.2) is 23.2 Å². The molecule has 10 nitrogen and oxygen atoms in total. The molecular weight excluding hydrogens is 501 g/mol. The van der Waals surface area contributed by atoms with Crippen molar-refractivity contribution in [1.82, 2.24) is 4.90 Å². The van der Waals surface area contributed by atoms with Gasteiger partial charge in [-0.3, -0.25) is 4.18 Å². The highest BCUT2D eigenvalue weighted by Crippen LogP contribution is 2.30. The van der Waals surface area contributed by atoms with Crippen molar-refractivity contribution in [2.45, 2.75) is 83.1 Å². The number of esters is 1. The van der Waals surface area contributed by atoms with E-state index in [4.69, 9.17) is 9.47 Å². The zero-order valence-corrected chi connectivity index (χ0v) is 20.4. The number of halogens is 5. The summed E-state index contributed by atoms with van der Waals surface area (Å²) in [4.78, 5) is 37.6. The van der Waals surface area contributed by atoms with Crippen LogP contribution in [0, 0.1) is 0 Å². The van der Waals surface area contributed by atoms with Gasteiger partial charge in [0, 0.05) is 6.42 Å². The summed E-state index contributed by atoms with van der Waals surface area (Å²) in [7, 11) is -5.48. The molecule has 0 fully saturated rings. The second-order valence-corrected chi connectivity index (χ2v) is 10.5. The Bertz CT molecular complexity index is 817. The largest absolute Gasteiger partial charge is 0.523 e. The van der Waals surface area contributed by atoms with Gasteiger partial charge in [0.05, 0.1) is 7.11 Å². The molecule has 16 heteroatoms. The van der Waals surface area contributed by atoms with Gasteiger partial charge in [-0.15, -0.1) is 0 Å². The van der Waals surface area contributed by atoms with E-state index in [1.165, 1.54) is 41.5 Å². The van der Waals surface area contributed by atoms with Gasteiger partial charge in [-0.2, -0.15) is 26.5 Å². The van der Waals surface area contributed by atoms with Gasteiger partial charge < -0.3 is 14.2 Å². The van der Waals surface area contributed by atoms with Crippen molar-refractivity contribution < 1.29 is 63.1 Å². The number of hydrogen-bond donors (Lipinski definition) is 0. The Kier molecular flexibility index (Phi) is 10.3. The van der Waals surface area contributed by atoms with Gasteiger partial charge in [0.1, 0.15) is 23.9 Å². The second kappa shape index (κ2) is 11.0. The van der Waals surface area contributed by atoms with E-state index in [2.05, 4.69) is 8.92 Å². The van der Waals surface area contributed by atoms with Gasteiger partial charge in [0.25, 0.3) is 5.92 Å². The minimum absolute atomic E-state index is 0.103. The first-order chi connectivity index (χ1) is 14.9. The lowest BCUT2D eigenvalue weighted by molar-refractivity contribution is -0.147. The van der Waals surface area contributed by atoms with Crippen LogP contribution in [0.5, 0.6) is 0 Å². The Morgan fingerprint density at radius 2 is 1.26 bits per heavy atom. The van der Waals surface area contributed by atoms with Crippen molar-refractivity contribution in [3.63, 3.8) is 0 Å². The monoisotopic (exact) mass is 529 g/mol. The first-order valence-electron chi connectivity index (χ1n) is 9.59. The minimum Gasteiger partial charge on any atom is -0.467 e. The topological polar surface area (TPSA) is 126 Å². The number of ether oxygens (including phenoxy) is 3. The van der Waals surface area contributed by atoms with Crippen molar-refractivity contribution >= 4 is 28.3 Å². The fourth-order valence-electron chi connectivity index (χ4n) is 2.09. The van der Waals surface area contributed by atoms with Gasteiger partial charge in [0.15, 0.2) is 0 Å². The van der Waals surface area contributed by atoms with Gasteiger partial charge >= 0.3 is 33.8 Å². The number of imide groups is 1. The van der Waals surface area contributed by atoms with Gasteiger partial charge in [-0.05, 0) is 48.0 Å². The van der Waals surface area contributed by atoms with Crippen molar-refractivity contribution in [2.75, 3.05) is 13.7 Å². The molecule has 0 saturated heterocycles. The summed E-state index contributed by atoms with van der Waals surface area (Å²) in [5.74, 6) is -5.57. The molecule has 0 radical (unpaired) electrons. The molecule has 0 aromatic heterocycles. The summed E-state index contributed by atoms with van der Waals surface area (Å²) in [6, 6.07) is -2.06. The number of amides is 2. The highest BCUT2D eigenvalue weighted by atomic mass is 32.2. The van der Waals surface area contributed by atoms with Crippen LogP contribution in [0.25, 0.3) is 0 Å². The normalized spacial score (nSPS) is 14.2. The Labute approximate surface area is 193 Å². The third-order valence-electron chi connectivity index (χ3n) is 3.46. The Balaban J connectivity index is 5.91. The van der Waals surface area contributed by atoms with E-state index in [0.29, 0.717) is 0 Å². The molecule has 0 heterocycles. The lowest BCUT2D eigenvalue weighted by Gasteiger charge is -2.32. The fourth-order valence-corrected chi connectivity index (χ4v) is 2.55. The molecule has 0 aliphatic heterocycles. The van der Waals surface area contributed by atoms with Crippen LogP contribution in [0.15, 0.2) is 0 Å². The number of rotatable bonds is 8. The maximum Gasteiger partial charge on any atom is 0.523 e. The number of hydrogen-bond acceptors (Lipinski definition) is 9. The highest BCUT2D eigenvalue weighted by Gasteiger charge is 2.49. The van der Waals surface area contributed by atoms with E-state index in [-0.39, 0.29) is 4.90 Å². The van der Waals surface area contributed by atoms with Crippen LogP contribution < -0.4 is 0 Å². The van der Waals surface area contributed by atoms with E-state index in [1.54, 1.807) is 0 Å². The molecule has 0 aromatic carbocycles. The predicted octanol–water partition coefficient (Wildman–Crippen LogP) is 3.98. The average Bonchev–Trinajstić information content (AvgIpc) is 2.58. The number of carbonyl (C=O) groups excluding carboxylic acids is 3. The third kappa shape index (κ3) is 10.8.